The van der Waals surface area contributed by atoms with Crippen LogP contribution in [0.4, 0.5) is 9.59 Å². The summed E-state index contributed by atoms with van der Waals surface area (Å²) in [7, 11) is 1.17. The van der Waals surface area contributed by atoms with Gasteiger partial charge in [0, 0.05) is 6.54 Å². The van der Waals surface area contributed by atoms with Gasteiger partial charge in [-0.3, -0.25) is 0 Å². The molecule has 1 aromatic rings. The van der Waals surface area contributed by atoms with Crippen LogP contribution in [0.15, 0.2) is 30.3 Å². The van der Waals surface area contributed by atoms with Crippen LogP contribution in [0.1, 0.15) is 24.8 Å². The molecule has 0 radical (unpaired) electrons. The lowest BCUT2D eigenvalue weighted by atomic mass is 10.1. The number of carbonyl (C=O) groups excluding carboxylic acids is 2. The standard InChI is InChI=1S/C16H22N2O6/c1-23-16(22)18-13(14(19)20)9-5-6-10-17-15(21)24-11-12-7-3-2-4-8-12/h2-4,7-8,13H,5-6,9-11H2,1H3,(H,17,21)(H,18,22)(H,19,20)/t13-/m0/s1. The number of carboxylic acid groups (broad SMARTS) is 1. The highest BCUT2D eigenvalue weighted by molar-refractivity contribution is 5.79. The van der Waals surface area contributed by atoms with Gasteiger partial charge in [0.05, 0.1) is 7.11 Å². The van der Waals surface area contributed by atoms with E-state index in [0.29, 0.717) is 19.4 Å². The highest BCUT2D eigenvalue weighted by Crippen LogP contribution is 2.03. The normalized spacial score (nSPS) is 11.2. The fourth-order valence-corrected chi connectivity index (χ4v) is 1.90. The van der Waals surface area contributed by atoms with Crippen LogP contribution in [0.5, 0.6) is 0 Å². The molecule has 1 atom stereocenters. The average molecular weight is 338 g/mol. The average Bonchev–Trinajstić information content (AvgIpc) is 2.59. The van der Waals surface area contributed by atoms with Crippen LogP contribution in [-0.4, -0.2) is 43.0 Å². The smallest absolute Gasteiger partial charge is 0.407 e. The summed E-state index contributed by atoms with van der Waals surface area (Å²) >= 11 is 0. The third-order valence-corrected chi connectivity index (χ3v) is 3.18. The molecule has 8 nitrogen and oxygen atoms in total. The number of carbonyl (C=O) groups is 3. The van der Waals surface area contributed by atoms with Crippen molar-refractivity contribution in [3.05, 3.63) is 35.9 Å². The zero-order valence-electron chi connectivity index (χ0n) is 13.5. The van der Waals surface area contributed by atoms with Crippen LogP contribution < -0.4 is 10.6 Å². The quantitative estimate of drug-likeness (QED) is 0.593. The van der Waals surface area contributed by atoms with Gasteiger partial charge in [-0.05, 0) is 24.8 Å². The molecule has 24 heavy (non-hydrogen) atoms. The Morgan fingerprint density at radius 3 is 2.46 bits per heavy atom. The maximum absolute atomic E-state index is 11.5. The third-order valence-electron chi connectivity index (χ3n) is 3.18. The molecule has 0 bridgehead atoms. The first kappa shape index (κ1) is 19.3. The van der Waals surface area contributed by atoms with Gasteiger partial charge in [0.1, 0.15) is 12.6 Å². The lowest BCUT2D eigenvalue weighted by Gasteiger charge is -2.13. The second kappa shape index (κ2) is 10.9. The maximum Gasteiger partial charge on any atom is 0.407 e. The maximum atomic E-state index is 11.5. The van der Waals surface area contributed by atoms with Crippen LogP contribution in [0.3, 0.4) is 0 Å². The SMILES string of the molecule is COC(=O)N[C@@H](CCCCNC(=O)OCc1ccccc1)C(=O)O. The first-order valence-electron chi connectivity index (χ1n) is 7.54. The summed E-state index contributed by atoms with van der Waals surface area (Å²) in [5.41, 5.74) is 0.894. The molecule has 3 N–H and O–H groups in total. The van der Waals surface area contributed by atoms with E-state index in [1.165, 1.54) is 7.11 Å². The summed E-state index contributed by atoms with van der Waals surface area (Å²) in [6, 6.07) is 8.29. The largest absolute Gasteiger partial charge is 0.480 e. The summed E-state index contributed by atoms with van der Waals surface area (Å²) < 4.78 is 9.41. The number of rotatable bonds is 9. The van der Waals surface area contributed by atoms with Crippen molar-refractivity contribution < 1.29 is 29.0 Å². The number of aliphatic carboxylic acids is 1. The van der Waals surface area contributed by atoms with E-state index >= 15 is 0 Å². The monoisotopic (exact) mass is 338 g/mol. The van der Waals surface area contributed by atoms with Crippen LogP contribution in [0.25, 0.3) is 0 Å². The highest BCUT2D eigenvalue weighted by atomic mass is 16.5. The van der Waals surface area contributed by atoms with Gasteiger partial charge in [0.25, 0.3) is 0 Å². The molecule has 0 aliphatic carbocycles. The van der Waals surface area contributed by atoms with Crippen LogP contribution in [-0.2, 0) is 20.9 Å². The van der Waals surface area contributed by atoms with Crippen molar-refractivity contribution in [1.29, 1.82) is 0 Å². The Balaban J connectivity index is 2.14. The number of nitrogens with one attached hydrogen (secondary N) is 2. The third kappa shape index (κ3) is 8.02. The highest BCUT2D eigenvalue weighted by Gasteiger charge is 2.19. The van der Waals surface area contributed by atoms with E-state index in [9.17, 15) is 14.4 Å². The van der Waals surface area contributed by atoms with Crippen molar-refractivity contribution in [3.63, 3.8) is 0 Å². The van der Waals surface area contributed by atoms with Crippen molar-refractivity contribution >= 4 is 18.2 Å². The lowest BCUT2D eigenvalue weighted by molar-refractivity contribution is -0.139. The Hall–Kier alpha value is -2.77. The fourth-order valence-electron chi connectivity index (χ4n) is 1.90. The molecule has 1 rings (SSSR count). The van der Waals surface area contributed by atoms with E-state index in [2.05, 4.69) is 15.4 Å². The predicted molar refractivity (Wildman–Crippen MR) is 85.4 cm³/mol. The van der Waals surface area contributed by atoms with Crippen molar-refractivity contribution in [2.75, 3.05) is 13.7 Å². The summed E-state index contributed by atoms with van der Waals surface area (Å²) in [6.07, 6.45) is 0.00406. The number of hydrogen-bond acceptors (Lipinski definition) is 5. The summed E-state index contributed by atoms with van der Waals surface area (Å²) in [6.45, 7) is 0.551. The second-order valence-electron chi connectivity index (χ2n) is 5.01. The number of hydrogen-bond donors (Lipinski definition) is 3. The zero-order chi connectivity index (χ0) is 17.8. The first-order valence-corrected chi connectivity index (χ1v) is 7.54. The fraction of sp³-hybridized carbons (Fsp3) is 0.438. The van der Waals surface area contributed by atoms with E-state index in [0.717, 1.165) is 5.56 Å². The molecule has 0 saturated carbocycles. The summed E-state index contributed by atoms with van der Waals surface area (Å²) in [4.78, 5) is 33.5. The number of benzene rings is 1. The lowest BCUT2D eigenvalue weighted by Crippen LogP contribution is -2.40. The Kier molecular flexibility index (Phi) is 8.73. The first-order chi connectivity index (χ1) is 11.5. The van der Waals surface area contributed by atoms with Crippen molar-refractivity contribution in [3.8, 4) is 0 Å². The molecule has 0 fully saturated rings. The van der Waals surface area contributed by atoms with Gasteiger partial charge < -0.3 is 25.2 Å². The molecular formula is C16H22N2O6. The Morgan fingerprint density at radius 1 is 1.12 bits per heavy atom. The number of carboxylic acids is 1. The molecule has 132 valence electrons. The molecule has 0 heterocycles. The predicted octanol–water partition coefficient (Wildman–Crippen LogP) is 1.89. The molecule has 0 unspecified atom stereocenters. The van der Waals surface area contributed by atoms with Crippen molar-refractivity contribution in [1.82, 2.24) is 10.6 Å². The zero-order valence-corrected chi connectivity index (χ0v) is 13.5. The Labute approximate surface area is 140 Å². The molecule has 0 aliphatic heterocycles. The van der Waals surface area contributed by atoms with E-state index in [4.69, 9.17) is 9.84 Å². The van der Waals surface area contributed by atoms with Gasteiger partial charge in [-0.25, -0.2) is 14.4 Å². The van der Waals surface area contributed by atoms with Gasteiger partial charge in [-0.2, -0.15) is 0 Å². The summed E-state index contributed by atoms with van der Waals surface area (Å²) in [5, 5.41) is 13.8. The van der Waals surface area contributed by atoms with Crippen LogP contribution >= 0.6 is 0 Å². The minimum Gasteiger partial charge on any atom is -0.480 e. The van der Waals surface area contributed by atoms with Crippen LogP contribution in [0, 0.1) is 0 Å². The Bertz CT molecular complexity index is 535. The number of methoxy groups -OCH3 is 1. The van der Waals surface area contributed by atoms with E-state index < -0.39 is 24.2 Å². The molecule has 2 amide bonds. The minimum atomic E-state index is -1.13. The van der Waals surface area contributed by atoms with Gasteiger partial charge in [-0.1, -0.05) is 30.3 Å². The van der Waals surface area contributed by atoms with E-state index in [1.54, 1.807) is 0 Å². The molecule has 0 aliphatic rings. The number of alkyl carbamates (subject to hydrolysis) is 2. The molecule has 8 heteroatoms. The van der Waals surface area contributed by atoms with Gasteiger partial charge in [0.15, 0.2) is 0 Å². The van der Waals surface area contributed by atoms with Crippen molar-refractivity contribution in [2.45, 2.75) is 31.9 Å². The second-order valence-corrected chi connectivity index (χ2v) is 5.01. The van der Waals surface area contributed by atoms with E-state index in [1.807, 2.05) is 30.3 Å². The number of ether oxygens (including phenoxy) is 2. The molecular weight excluding hydrogens is 316 g/mol. The number of amides is 2. The van der Waals surface area contributed by atoms with Crippen LogP contribution in [0.2, 0.25) is 0 Å². The van der Waals surface area contributed by atoms with E-state index in [-0.39, 0.29) is 13.0 Å². The molecule has 1 aromatic carbocycles. The molecule has 0 spiro atoms. The van der Waals surface area contributed by atoms with Gasteiger partial charge in [0.2, 0.25) is 0 Å². The summed E-state index contributed by atoms with van der Waals surface area (Å²) in [5.74, 6) is -1.13. The van der Waals surface area contributed by atoms with Crippen molar-refractivity contribution in [2.24, 2.45) is 0 Å². The Morgan fingerprint density at radius 2 is 1.83 bits per heavy atom. The van der Waals surface area contributed by atoms with Gasteiger partial charge in [-0.15, -0.1) is 0 Å². The molecule has 0 aromatic heterocycles. The topological polar surface area (TPSA) is 114 Å². The number of unbranched alkanes of at least 4 members (excludes halogenated alkanes) is 1. The van der Waals surface area contributed by atoms with Gasteiger partial charge >= 0.3 is 18.2 Å². The minimum absolute atomic E-state index is 0.191. The molecule has 0 saturated heterocycles.